The van der Waals surface area contributed by atoms with Crippen molar-refractivity contribution in [3.63, 3.8) is 0 Å². The minimum Gasteiger partial charge on any atom is -0.368 e. The molecule has 0 spiro atoms. The second kappa shape index (κ2) is 7.99. The van der Waals surface area contributed by atoms with Crippen molar-refractivity contribution in [2.24, 2.45) is 0 Å². The van der Waals surface area contributed by atoms with Gasteiger partial charge in [0.15, 0.2) is 5.82 Å². The molecule has 0 atom stereocenters. The number of hydrogen-bond donors (Lipinski definition) is 1. The standard InChI is InChI=1S/C20H21FN6/c21-18-9-5-4-6-16(18)14-22-20-24-19(15-23-25-20)27-12-10-26(11-13-27)17-7-2-1-3-8-17/h1-9,15H,10-14H2,(H,22,24,25). The first-order valence-electron chi connectivity index (χ1n) is 9.01. The maximum absolute atomic E-state index is 13.7. The van der Waals surface area contributed by atoms with Gasteiger partial charge < -0.3 is 15.1 Å². The molecule has 2 heterocycles. The summed E-state index contributed by atoms with van der Waals surface area (Å²) in [6, 6.07) is 17.1. The maximum atomic E-state index is 13.7. The molecule has 138 valence electrons. The van der Waals surface area contributed by atoms with Gasteiger partial charge in [0, 0.05) is 44.0 Å². The van der Waals surface area contributed by atoms with E-state index in [4.69, 9.17) is 0 Å². The summed E-state index contributed by atoms with van der Waals surface area (Å²) in [5.41, 5.74) is 1.81. The van der Waals surface area contributed by atoms with Crippen LogP contribution in [0.5, 0.6) is 0 Å². The highest BCUT2D eigenvalue weighted by atomic mass is 19.1. The van der Waals surface area contributed by atoms with E-state index in [1.54, 1.807) is 18.3 Å². The molecular formula is C20H21FN6. The second-order valence-corrected chi connectivity index (χ2v) is 6.39. The second-order valence-electron chi connectivity index (χ2n) is 6.39. The van der Waals surface area contributed by atoms with E-state index in [2.05, 4.69) is 54.6 Å². The highest BCUT2D eigenvalue weighted by Gasteiger charge is 2.19. The first-order chi connectivity index (χ1) is 13.3. The predicted octanol–water partition coefficient (Wildman–Crippen LogP) is 2.95. The minimum absolute atomic E-state index is 0.244. The number of piperazine rings is 1. The van der Waals surface area contributed by atoms with Crippen LogP contribution in [-0.4, -0.2) is 41.4 Å². The highest BCUT2D eigenvalue weighted by Crippen LogP contribution is 2.19. The van der Waals surface area contributed by atoms with Gasteiger partial charge in [-0.1, -0.05) is 36.4 Å². The summed E-state index contributed by atoms with van der Waals surface area (Å²) >= 11 is 0. The van der Waals surface area contributed by atoms with Crippen LogP contribution in [0.15, 0.2) is 60.8 Å². The lowest BCUT2D eigenvalue weighted by atomic mass is 10.2. The Bertz CT molecular complexity index is 880. The van der Waals surface area contributed by atoms with E-state index in [1.807, 2.05) is 12.1 Å². The van der Waals surface area contributed by atoms with Gasteiger partial charge in [-0.2, -0.15) is 10.1 Å². The molecule has 2 aromatic carbocycles. The van der Waals surface area contributed by atoms with Crippen LogP contribution in [0, 0.1) is 5.82 Å². The van der Waals surface area contributed by atoms with Crippen molar-refractivity contribution in [2.45, 2.75) is 6.54 Å². The van der Waals surface area contributed by atoms with Crippen LogP contribution in [-0.2, 0) is 6.54 Å². The fourth-order valence-electron chi connectivity index (χ4n) is 3.17. The summed E-state index contributed by atoms with van der Waals surface area (Å²) in [5, 5.41) is 11.1. The van der Waals surface area contributed by atoms with Crippen molar-refractivity contribution in [1.29, 1.82) is 0 Å². The van der Waals surface area contributed by atoms with E-state index in [1.165, 1.54) is 11.8 Å². The van der Waals surface area contributed by atoms with E-state index in [0.29, 0.717) is 18.1 Å². The number of nitrogens with zero attached hydrogens (tertiary/aromatic N) is 5. The quantitative estimate of drug-likeness (QED) is 0.751. The van der Waals surface area contributed by atoms with Crippen molar-refractivity contribution in [1.82, 2.24) is 15.2 Å². The molecule has 1 N–H and O–H groups in total. The molecule has 0 saturated carbocycles. The third-order valence-electron chi connectivity index (χ3n) is 4.67. The lowest BCUT2D eigenvalue weighted by Crippen LogP contribution is -2.46. The molecule has 0 amide bonds. The maximum Gasteiger partial charge on any atom is 0.244 e. The zero-order valence-corrected chi connectivity index (χ0v) is 14.9. The van der Waals surface area contributed by atoms with Crippen molar-refractivity contribution in [3.8, 4) is 0 Å². The van der Waals surface area contributed by atoms with Gasteiger partial charge >= 0.3 is 0 Å². The molecule has 0 bridgehead atoms. The molecule has 6 nitrogen and oxygen atoms in total. The van der Waals surface area contributed by atoms with E-state index in [-0.39, 0.29) is 5.82 Å². The lowest BCUT2D eigenvalue weighted by molar-refractivity contribution is 0.612. The zero-order chi connectivity index (χ0) is 18.5. The molecule has 0 aliphatic carbocycles. The molecule has 7 heteroatoms. The number of hydrogen-bond acceptors (Lipinski definition) is 6. The molecule has 1 aliphatic rings. The average Bonchev–Trinajstić information content (AvgIpc) is 2.74. The molecule has 1 fully saturated rings. The summed E-state index contributed by atoms with van der Waals surface area (Å²) in [7, 11) is 0. The van der Waals surface area contributed by atoms with E-state index in [0.717, 1.165) is 32.0 Å². The van der Waals surface area contributed by atoms with Crippen LogP contribution in [0.1, 0.15) is 5.56 Å². The zero-order valence-electron chi connectivity index (χ0n) is 14.9. The van der Waals surface area contributed by atoms with Gasteiger partial charge in [0.2, 0.25) is 5.95 Å². The Labute approximate surface area is 157 Å². The highest BCUT2D eigenvalue weighted by molar-refractivity contribution is 5.49. The predicted molar refractivity (Wildman–Crippen MR) is 104 cm³/mol. The summed E-state index contributed by atoms with van der Waals surface area (Å²) in [5.74, 6) is 0.945. The summed E-state index contributed by atoms with van der Waals surface area (Å²) in [6.45, 7) is 3.89. The molecule has 1 saturated heterocycles. The minimum atomic E-state index is -0.244. The molecule has 0 unspecified atom stereocenters. The molecule has 4 rings (SSSR count). The van der Waals surface area contributed by atoms with E-state index < -0.39 is 0 Å². The summed E-state index contributed by atoms with van der Waals surface area (Å²) < 4.78 is 13.7. The number of halogens is 1. The SMILES string of the molecule is Fc1ccccc1CNc1nncc(N2CCN(c3ccccc3)CC2)n1. The van der Waals surface area contributed by atoms with Crippen LogP contribution < -0.4 is 15.1 Å². The van der Waals surface area contributed by atoms with Crippen molar-refractivity contribution < 1.29 is 4.39 Å². The van der Waals surface area contributed by atoms with Gasteiger partial charge in [-0.15, -0.1) is 5.10 Å². The first kappa shape index (κ1) is 17.2. The Morgan fingerprint density at radius 1 is 0.889 bits per heavy atom. The van der Waals surface area contributed by atoms with Crippen molar-refractivity contribution >= 4 is 17.5 Å². The topological polar surface area (TPSA) is 57.2 Å². The fourth-order valence-corrected chi connectivity index (χ4v) is 3.17. The van der Waals surface area contributed by atoms with Crippen LogP contribution in [0.3, 0.4) is 0 Å². The third kappa shape index (κ3) is 4.13. The molecule has 0 radical (unpaired) electrons. The van der Waals surface area contributed by atoms with Gasteiger partial charge in [-0.05, 0) is 18.2 Å². The van der Waals surface area contributed by atoms with Gasteiger partial charge in [0.05, 0.1) is 6.20 Å². The van der Waals surface area contributed by atoms with Gasteiger partial charge in [-0.3, -0.25) is 0 Å². The number of anilines is 3. The largest absolute Gasteiger partial charge is 0.368 e. The Kier molecular flexibility index (Phi) is 5.09. The molecule has 1 aromatic heterocycles. The smallest absolute Gasteiger partial charge is 0.244 e. The monoisotopic (exact) mass is 364 g/mol. The van der Waals surface area contributed by atoms with Crippen molar-refractivity contribution in [2.75, 3.05) is 41.3 Å². The Hall–Kier alpha value is -3.22. The lowest BCUT2D eigenvalue weighted by Gasteiger charge is -2.36. The number of aromatic nitrogens is 3. The molecule has 3 aromatic rings. The summed E-state index contributed by atoms with van der Waals surface area (Å²) in [6.07, 6.45) is 1.67. The van der Waals surface area contributed by atoms with Crippen LogP contribution in [0.4, 0.5) is 21.8 Å². The Balaban J connectivity index is 1.37. The fraction of sp³-hybridized carbons (Fsp3) is 0.250. The Morgan fingerprint density at radius 3 is 2.37 bits per heavy atom. The first-order valence-corrected chi connectivity index (χ1v) is 9.01. The normalized spacial score (nSPS) is 14.3. The number of rotatable bonds is 5. The van der Waals surface area contributed by atoms with Crippen molar-refractivity contribution in [3.05, 3.63) is 72.2 Å². The van der Waals surface area contributed by atoms with Crippen LogP contribution >= 0.6 is 0 Å². The van der Waals surface area contributed by atoms with Crippen LogP contribution in [0.2, 0.25) is 0 Å². The van der Waals surface area contributed by atoms with E-state index in [9.17, 15) is 4.39 Å². The molecular weight excluding hydrogens is 343 g/mol. The number of para-hydroxylation sites is 1. The van der Waals surface area contributed by atoms with Gasteiger partial charge in [-0.25, -0.2) is 4.39 Å². The third-order valence-corrected chi connectivity index (χ3v) is 4.67. The Morgan fingerprint density at radius 2 is 1.59 bits per heavy atom. The average molecular weight is 364 g/mol. The van der Waals surface area contributed by atoms with E-state index >= 15 is 0 Å². The summed E-state index contributed by atoms with van der Waals surface area (Å²) in [4.78, 5) is 9.10. The van der Waals surface area contributed by atoms with Gasteiger partial charge in [0.1, 0.15) is 5.82 Å². The molecule has 1 aliphatic heterocycles. The van der Waals surface area contributed by atoms with Crippen LogP contribution in [0.25, 0.3) is 0 Å². The number of nitrogens with one attached hydrogen (secondary N) is 1. The molecule has 27 heavy (non-hydrogen) atoms. The van der Waals surface area contributed by atoms with Gasteiger partial charge in [0.25, 0.3) is 0 Å². The number of benzene rings is 2.